The molecule has 3 heterocycles. The van der Waals surface area contributed by atoms with Gasteiger partial charge in [0.15, 0.2) is 0 Å². The molecule has 0 unspecified atom stereocenters. The first-order valence-electron chi connectivity index (χ1n) is 5.04. The van der Waals surface area contributed by atoms with E-state index in [2.05, 4.69) is 11.9 Å². The quantitative estimate of drug-likeness (QED) is 0.697. The molecule has 0 bridgehead atoms. The number of pyridine rings is 1. The highest BCUT2D eigenvalue weighted by Gasteiger charge is 2.11. The summed E-state index contributed by atoms with van der Waals surface area (Å²) in [5.41, 5.74) is 9.06. The van der Waals surface area contributed by atoms with Gasteiger partial charge in [-0.1, -0.05) is 6.07 Å². The number of fused-ring (bicyclic) bond motifs is 1. The maximum absolute atomic E-state index is 6.09. The number of nitrogens with zero attached hydrogens (tertiary/aromatic N) is 2. The molecule has 3 aromatic heterocycles. The summed E-state index contributed by atoms with van der Waals surface area (Å²) < 4.78 is 1.92. The highest BCUT2D eigenvalue weighted by Crippen LogP contribution is 2.29. The first-order valence-corrected chi connectivity index (χ1v) is 5.92. The second kappa shape index (κ2) is 3.35. The van der Waals surface area contributed by atoms with E-state index < -0.39 is 0 Å². The van der Waals surface area contributed by atoms with Crippen molar-refractivity contribution in [1.29, 1.82) is 0 Å². The van der Waals surface area contributed by atoms with Crippen molar-refractivity contribution in [2.45, 2.75) is 6.92 Å². The Labute approximate surface area is 97.2 Å². The van der Waals surface area contributed by atoms with Gasteiger partial charge in [0, 0.05) is 6.20 Å². The van der Waals surface area contributed by atoms with E-state index in [1.165, 1.54) is 5.56 Å². The summed E-state index contributed by atoms with van der Waals surface area (Å²) in [5.74, 6) is 0.706. The van der Waals surface area contributed by atoms with Crippen LogP contribution in [-0.4, -0.2) is 9.38 Å². The lowest BCUT2D eigenvalue weighted by molar-refractivity contribution is 1.18. The number of thiophene rings is 1. The molecule has 80 valence electrons. The van der Waals surface area contributed by atoms with Gasteiger partial charge in [0.1, 0.15) is 17.2 Å². The molecule has 3 aromatic rings. The van der Waals surface area contributed by atoms with Gasteiger partial charge in [0.05, 0.1) is 4.88 Å². The van der Waals surface area contributed by atoms with Crippen LogP contribution in [0.5, 0.6) is 0 Å². The largest absolute Gasteiger partial charge is 0.383 e. The molecule has 0 atom stereocenters. The summed E-state index contributed by atoms with van der Waals surface area (Å²) in [7, 11) is 0. The summed E-state index contributed by atoms with van der Waals surface area (Å²) in [6, 6.07) is 8.11. The molecule has 0 saturated carbocycles. The van der Waals surface area contributed by atoms with Gasteiger partial charge in [0.2, 0.25) is 0 Å². The van der Waals surface area contributed by atoms with Crippen LogP contribution in [0.1, 0.15) is 5.56 Å². The van der Waals surface area contributed by atoms with Crippen LogP contribution in [0.4, 0.5) is 5.82 Å². The number of imidazole rings is 1. The van der Waals surface area contributed by atoms with E-state index in [1.54, 1.807) is 11.3 Å². The molecule has 0 aliphatic heterocycles. The standard InChI is InChI=1S/C12H11N3S/c1-8-4-5-15-10(7-8)14-11(12(15)13)9-3-2-6-16-9/h2-7H,13H2,1H3. The normalized spacial score (nSPS) is 11.1. The van der Waals surface area contributed by atoms with Crippen molar-refractivity contribution in [2.75, 3.05) is 5.73 Å². The zero-order valence-corrected chi connectivity index (χ0v) is 9.66. The smallest absolute Gasteiger partial charge is 0.139 e. The highest BCUT2D eigenvalue weighted by molar-refractivity contribution is 7.13. The van der Waals surface area contributed by atoms with Gasteiger partial charge in [-0.05, 0) is 36.1 Å². The zero-order chi connectivity index (χ0) is 11.1. The number of aryl methyl sites for hydroxylation is 1. The number of aromatic nitrogens is 2. The van der Waals surface area contributed by atoms with E-state index in [9.17, 15) is 0 Å². The minimum atomic E-state index is 0.706. The van der Waals surface area contributed by atoms with E-state index in [4.69, 9.17) is 5.73 Å². The van der Waals surface area contributed by atoms with E-state index in [-0.39, 0.29) is 0 Å². The van der Waals surface area contributed by atoms with Gasteiger partial charge in [-0.3, -0.25) is 4.40 Å². The Morgan fingerprint density at radius 3 is 3.00 bits per heavy atom. The number of hydrogen-bond acceptors (Lipinski definition) is 3. The first kappa shape index (κ1) is 9.42. The molecule has 0 aliphatic rings. The Morgan fingerprint density at radius 1 is 1.38 bits per heavy atom. The van der Waals surface area contributed by atoms with E-state index >= 15 is 0 Å². The SMILES string of the molecule is Cc1ccn2c(N)c(-c3cccs3)nc2c1. The van der Waals surface area contributed by atoms with Gasteiger partial charge in [0.25, 0.3) is 0 Å². The molecule has 0 saturated heterocycles. The van der Waals surface area contributed by atoms with Gasteiger partial charge in [-0.2, -0.15) is 0 Å². The molecule has 0 fully saturated rings. The fourth-order valence-corrected chi connectivity index (χ4v) is 2.48. The Morgan fingerprint density at radius 2 is 2.25 bits per heavy atom. The fourth-order valence-electron chi connectivity index (χ4n) is 1.76. The third kappa shape index (κ3) is 1.31. The van der Waals surface area contributed by atoms with Crippen LogP contribution in [-0.2, 0) is 0 Å². The van der Waals surface area contributed by atoms with Gasteiger partial charge in [-0.15, -0.1) is 11.3 Å². The molecule has 0 aromatic carbocycles. The van der Waals surface area contributed by atoms with Crippen LogP contribution < -0.4 is 5.73 Å². The lowest BCUT2D eigenvalue weighted by Crippen LogP contribution is -1.93. The summed E-state index contributed by atoms with van der Waals surface area (Å²) in [4.78, 5) is 5.67. The predicted molar refractivity (Wildman–Crippen MR) is 67.7 cm³/mol. The molecule has 16 heavy (non-hydrogen) atoms. The van der Waals surface area contributed by atoms with Crippen molar-refractivity contribution in [3.05, 3.63) is 41.4 Å². The lowest BCUT2D eigenvalue weighted by Gasteiger charge is -1.97. The van der Waals surface area contributed by atoms with Crippen molar-refractivity contribution >= 4 is 22.8 Å². The van der Waals surface area contributed by atoms with E-state index in [0.29, 0.717) is 5.82 Å². The molecule has 4 heteroatoms. The van der Waals surface area contributed by atoms with Crippen LogP contribution in [0, 0.1) is 6.92 Å². The number of hydrogen-bond donors (Lipinski definition) is 1. The topological polar surface area (TPSA) is 43.3 Å². The minimum absolute atomic E-state index is 0.706. The van der Waals surface area contributed by atoms with E-state index in [1.807, 2.05) is 40.2 Å². The van der Waals surface area contributed by atoms with Crippen LogP contribution in [0.3, 0.4) is 0 Å². The van der Waals surface area contributed by atoms with Crippen LogP contribution >= 0.6 is 11.3 Å². The Kier molecular flexibility index (Phi) is 1.97. The second-order valence-electron chi connectivity index (χ2n) is 3.76. The average Bonchev–Trinajstić information content (AvgIpc) is 2.86. The fraction of sp³-hybridized carbons (Fsp3) is 0.0833. The Hall–Kier alpha value is -1.81. The predicted octanol–water partition coefficient (Wildman–Crippen LogP) is 2.95. The molecule has 0 spiro atoms. The Bertz CT molecular complexity index is 638. The van der Waals surface area contributed by atoms with Crippen LogP contribution in [0.2, 0.25) is 0 Å². The average molecular weight is 229 g/mol. The minimum Gasteiger partial charge on any atom is -0.383 e. The number of nitrogen functional groups attached to an aromatic ring is 1. The highest BCUT2D eigenvalue weighted by atomic mass is 32.1. The van der Waals surface area contributed by atoms with Crippen LogP contribution in [0.15, 0.2) is 35.8 Å². The molecule has 3 rings (SSSR count). The molecule has 0 amide bonds. The van der Waals surface area contributed by atoms with Crippen molar-refractivity contribution < 1.29 is 0 Å². The molecular formula is C12H11N3S. The summed E-state index contributed by atoms with van der Waals surface area (Å²) >= 11 is 1.65. The van der Waals surface area contributed by atoms with Gasteiger partial charge in [-0.25, -0.2) is 4.98 Å². The second-order valence-corrected chi connectivity index (χ2v) is 4.70. The van der Waals surface area contributed by atoms with Crippen molar-refractivity contribution in [1.82, 2.24) is 9.38 Å². The molecular weight excluding hydrogens is 218 g/mol. The van der Waals surface area contributed by atoms with Crippen molar-refractivity contribution in [3.8, 4) is 10.6 Å². The molecule has 0 radical (unpaired) electrons. The monoisotopic (exact) mass is 229 g/mol. The Balaban J connectivity index is 2.31. The van der Waals surface area contributed by atoms with Crippen LogP contribution in [0.25, 0.3) is 16.2 Å². The summed E-state index contributed by atoms with van der Waals surface area (Å²) in [6.07, 6.45) is 1.96. The zero-order valence-electron chi connectivity index (χ0n) is 8.84. The van der Waals surface area contributed by atoms with Crippen molar-refractivity contribution in [3.63, 3.8) is 0 Å². The third-order valence-electron chi connectivity index (χ3n) is 2.57. The summed E-state index contributed by atoms with van der Waals surface area (Å²) in [6.45, 7) is 2.05. The number of nitrogens with two attached hydrogens (primary N) is 1. The maximum Gasteiger partial charge on any atom is 0.139 e. The summed E-state index contributed by atoms with van der Waals surface area (Å²) in [5, 5.41) is 2.03. The molecule has 3 nitrogen and oxygen atoms in total. The van der Waals surface area contributed by atoms with Gasteiger partial charge >= 0.3 is 0 Å². The first-order chi connectivity index (χ1) is 7.75. The van der Waals surface area contributed by atoms with Crippen molar-refractivity contribution in [2.24, 2.45) is 0 Å². The number of anilines is 1. The maximum atomic E-state index is 6.09. The third-order valence-corrected chi connectivity index (χ3v) is 3.45. The lowest BCUT2D eigenvalue weighted by atomic mass is 10.3. The molecule has 2 N–H and O–H groups in total. The molecule has 0 aliphatic carbocycles. The van der Waals surface area contributed by atoms with Gasteiger partial charge < -0.3 is 5.73 Å². The van der Waals surface area contributed by atoms with E-state index in [0.717, 1.165) is 16.2 Å². The number of rotatable bonds is 1.